The molecule has 4 N–H and O–H groups in total. The maximum absolute atomic E-state index is 5.85. The Morgan fingerprint density at radius 2 is 2.04 bits per heavy atom. The first-order valence-electron chi connectivity index (χ1n) is 8.31. The van der Waals surface area contributed by atoms with Gasteiger partial charge in [-0.25, -0.2) is 4.98 Å². The van der Waals surface area contributed by atoms with Crippen molar-refractivity contribution >= 4 is 11.8 Å². The fourth-order valence-corrected chi connectivity index (χ4v) is 3.14. The van der Waals surface area contributed by atoms with Gasteiger partial charge in [-0.1, -0.05) is 0 Å². The van der Waals surface area contributed by atoms with Crippen LogP contribution in [0.4, 0.5) is 11.8 Å². The molecule has 0 radical (unpaired) electrons. The van der Waals surface area contributed by atoms with Crippen LogP contribution in [0.3, 0.4) is 0 Å². The molecule has 8 heteroatoms. The van der Waals surface area contributed by atoms with Gasteiger partial charge in [-0.15, -0.1) is 0 Å². The molecular weight excluding hydrogens is 322 g/mol. The number of hydrogen-bond donors (Lipinski definition) is 3. The number of nitrogens with two attached hydrogens (primary N) is 1. The largest absolute Gasteiger partial charge is 0.496 e. The highest BCUT2D eigenvalue weighted by atomic mass is 16.6. The van der Waals surface area contributed by atoms with Crippen molar-refractivity contribution in [1.82, 2.24) is 15.3 Å². The molecule has 8 nitrogen and oxygen atoms in total. The van der Waals surface area contributed by atoms with Gasteiger partial charge in [0.1, 0.15) is 24.8 Å². The Kier molecular flexibility index (Phi) is 4.19. The smallest absolute Gasteiger partial charge is 0.222 e. The molecule has 0 unspecified atom stereocenters. The molecule has 1 aromatic heterocycles. The standard InChI is InChI=1S/C17H21N5O3/c1-23-13-7-15-14(24-4-5-25-15)6-10(13)8-20-16-11-2-3-19-9-12(11)21-17(18)22-16/h6-7,19H,2-5,8-9H2,1H3,(H3,18,20,21,22). The Labute approximate surface area is 145 Å². The van der Waals surface area contributed by atoms with Crippen LogP contribution in [-0.4, -0.2) is 36.8 Å². The Bertz CT molecular complexity index is 796. The summed E-state index contributed by atoms with van der Waals surface area (Å²) in [6.45, 7) is 3.26. The van der Waals surface area contributed by atoms with Gasteiger partial charge in [0.25, 0.3) is 0 Å². The SMILES string of the molecule is COc1cc2c(cc1CNc1nc(N)nc3c1CCNC3)OCCO2. The fourth-order valence-electron chi connectivity index (χ4n) is 3.14. The Morgan fingerprint density at radius 1 is 1.24 bits per heavy atom. The molecule has 132 valence electrons. The molecular formula is C17H21N5O3. The highest BCUT2D eigenvalue weighted by Gasteiger charge is 2.19. The summed E-state index contributed by atoms with van der Waals surface area (Å²) in [6, 6.07) is 3.80. The second-order valence-electron chi connectivity index (χ2n) is 5.94. The summed E-state index contributed by atoms with van der Waals surface area (Å²) < 4.78 is 16.8. The zero-order valence-electron chi connectivity index (χ0n) is 14.1. The van der Waals surface area contributed by atoms with E-state index in [1.807, 2.05) is 12.1 Å². The minimum absolute atomic E-state index is 0.277. The van der Waals surface area contributed by atoms with Crippen LogP contribution in [0.1, 0.15) is 16.8 Å². The normalized spacial score (nSPS) is 15.4. The molecule has 0 fully saturated rings. The zero-order chi connectivity index (χ0) is 17.2. The molecule has 0 saturated carbocycles. The number of ether oxygens (including phenoxy) is 3. The molecule has 0 aliphatic carbocycles. The van der Waals surface area contributed by atoms with Crippen molar-refractivity contribution in [2.75, 3.05) is 37.9 Å². The Hall–Kier alpha value is -2.74. The molecule has 4 rings (SSSR count). The van der Waals surface area contributed by atoms with E-state index in [1.54, 1.807) is 7.11 Å². The van der Waals surface area contributed by atoms with Crippen molar-refractivity contribution in [2.24, 2.45) is 0 Å². The van der Waals surface area contributed by atoms with Crippen LogP contribution in [0.2, 0.25) is 0 Å². The van der Waals surface area contributed by atoms with E-state index in [1.165, 1.54) is 0 Å². The lowest BCUT2D eigenvalue weighted by Crippen LogP contribution is -2.26. The zero-order valence-corrected chi connectivity index (χ0v) is 14.1. The van der Waals surface area contributed by atoms with Gasteiger partial charge in [-0.3, -0.25) is 0 Å². The lowest BCUT2D eigenvalue weighted by atomic mass is 10.1. The number of anilines is 2. The molecule has 0 amide bonds. The summed E-state index contributed by atoms with van der Waals surface area (Å²) in [5.41, 5.74) is 8.88. The summed E-state index contributed by atoms with van der Waals surface area (Å²) in [4.78, 5) is 8.70. The number of aromatic nitrogens is 2. The Morgan fingerprint density at radius 3 is 2.84 bits per heavy atom. The van der Waals surface area contributed by atoms with Gasteiger partial charge in [-0.2, -0.15) is 4.98 Å². The van der Waals surface area contributed by atoms with Crippen molar-refractivity contribution in [2.45, 2.75) is 19.5 Å². The van der Waals surface area contributed by atoms with Crippen LogP contribution >= 0.6 is 0 Å². The van der Waals surface area contributed by atoms with Gasteiger partial charge in [0.15, 0.2) is 11.5 Å². The summed E-state index contributed by atoms with van der Waals surface area (Å²) in [5, 5.41) is 6.67. The number of nitrogen functional groups attached to an aromatic ring is 1. The molecule has 2 aliphatic rings. The first-order chi connectivity index (χ1) is 12.2. The van der Waals surface area contributed by atoms with E-state index >= 15 is 0 Å². The topological polar surface area (TPSA) is 104 Å². The third-order valence-corrected chi connectivity index (χ3v) is 4.35. The van der Waals surface area contributed by atoms with Crippen molar-refractivity contribution in [1.29, 1.82) is 0 Å². The molecule has 0 saturated heterocycles. The predicted molar refractivity (Wildman–Crippen MR) is 93.2 cm³/mol. The number of fused-ring (bicyclic) bond motifs is 2. The van der Waals surface area contributed by atoms with E-state index in [0.29, 0.717) is 32.1 Å². The molecule has 1 aromatic carbocycles. The van der Waals surface area contributed by atoms with E-state index in [0.717, 1.165) is 47.1 Å². The highest BCUT2D eigenvalue weighted by molar-refractivity contribution is 5.55. The van der Waals surface area contributed by atoms with Crippen molar-refractivity contribution < 1.29 is 14.2 Å². The number of methoxy groups -OCH3 is 1. The van der Waals surface area contributed by atoms with Crippen LogP contribution in [0.5, 0.6) is 17.2 Å². The fraction of sp³-hybridized carbons (Fsp3) is 0.412. The van der Waals surface area contributed by atoms with Crippen molar-refractivity contribution in [3.8, 4) is 17.2 Å². The maximum atomic E-state index is 5.85. The average Bonchev–Trinajstić information content (AvgIpc) is 2.65. The lowest BCUT2D eigenvalue weighted by molar-refractivity contribution is 0.170. The number of rotatable bonds is 4. The highest BCUT2D eigenvalue weighted by Crippen LogP contribution is 2.37. The quantitative estimate of drug-likeness (QED) is 0.758. The van der Waals surface area contributed by atoms with Crippen LogP contribution in [-0.2, 0) is 19.5 Å². The van der Waals surface area contributed by atoms with Crippen LogP contribution in [0, 0.1) is 0 Å². The first-order valence-corrected chi connectivity index (χ1v) is 8.31. The summed E-state index contributed by atoms with van der Waals surface area (Å²) in [6.07, 6.45) is 0.871. The predicted octanol–water partition coefficient (Wildman–Crippen LogP) is 1.10. The summed E-state index contributed by atoms with van der Waals surface area (Å²) in [7, 11) is 1.64. The minimum Gasteiger partial charge on any atom is -0.496 e. The average molecular weight is 343 g/mol. The second-order valence-corrected chi connectivity index (χ2v) is 5.94. The molecule has 3 heterocycles. The lowest BCUT2D eigenvalue weighted by Gasteiger charge is -2.22. The molecule has 2 aliphatic heterocycles. The first kappa shape index (κ1) is 15.8. The molecule has 0 spiro atoms. The van der Waals surface area contributed by atoms with E-state index < -0.39 is 0 Å². The maximum Gasteiger partial charge on any atom is 0.222 e. The second kappa shape index (κ2) is 6.64. The molecule has 25 heavy (non-hydrogen) atoms. The summed E-state index contributed by atoms with van der Waals surface area (Å²) in [5.74, 6) is 3.24. The Balaban J connectivity index is 1.60. The monoisotopic (exact) mass is 343 g/mol. The van der Waals surface area contributed by atoms with Crippen molar-refractivity contribution in [3.63, 3.8) is 0 Å². The van der Waals surface area contributed by atoms with Gasteiger partial charge in [0.05, 0.1) is 12.8 Å². The number of hydrogen-bond acceptors (Lipinski definition) is 8. The van der Waals surface area contributed by atoms with Crippen LogP contribution in [0.15, 0.2) is 12.1 Å². The van der Waals surface area contributed by atoms with E-state index in [9.17, 15) is 0 Å². The van der Waals surface area contributed by atoms with Gasteiger partial charge < -0.3 is 30.6 Å². The molecule has 2 aromatic rings. The van der Waals surface area contributed by atoms with Gasteiger partial charge in [-0.05, 0) is 19.0 Å². The molecule has 0 bridgehead atoms. The third kappa shape index (κ3) is 3.12. The van der Waals surface area contributed by atoms with Crippen LogP contribution < -0.4 is 30.6 Å². The number of nitrogens with one attached hydrogen (secondary N) is 2. The van der Waals surface area contributed by atoms with Gasteiger partial charge >= 0.3 is 0 Å². The van der Waals surface area contributed by atoms with E-state index in [4.69, 9.17) is 19.9 Å². The van der Waals surface area contributed by atoms with Gasteiger partial charge in [0, 0.05) is 30.3 Å². The molecule has 0 atom stereocenters. The summed E-state index contributed by atoms with van der Waals surface area (Å²) >= 11 is 0. The number of benzene rings is 1. The minimum atomic E-state index is 0.277. The van der Waals surface area contributed by atoms with E-state index in [2.05, 4.69) is 20.6 Å². The van der Waals surface area contributed by atoms with Crippen LogP contribution in [0.25, 0.3) is 0 Å². The van der Waals surface area contributed by atoms with Crippen molar-refractivity contribution in [3.05, 3.63) is 29.0 Å². The van der Waals surface area contributed by atoms with Gasteiger partial charge in [0.2, 0.25) is 5.95 Å². The van der Waals surface area contributed by atoms with E-state index in [-0.39, 0.29) is 5.95 Å². The number of nitrogens with zero attached hydrogens (tertiary/aromatic N) is 2. The third-order valence-electron chi connectivity index (χ3n) is 4.35.